The lowest BCUT2D eigenvalue weighted by atomic mass is 9.94. The van der Waals surface area contributed by atoms with Crippen LogP contribution in [0.15, 0.2) is 60.7 Å². The third-order valence-corrected chi connectivity index (χ3v) is 8.78. The maximum atomic E-state index is 4.91. The molecule has 0 unspecified atom stereocenters. The van der Waals surface area contributed by atoms with Gasteiger partial charge in [-0.3, -0.25) is 0 Å². The first-order valence-corrected chi connectivity index (χ1v) is 13.0. The Morgan fingerprint density at radius 2 is 1.28 bits per heavy atom. The van der Waals surface area contributed by atoms with Crippen LogP contribution in [0.4, 0.5) is 5.00 Å². The molecule has 4 aromatic rings. The van der Waals surface area contributed by atoms with E-state index in [1.54, 1.807) is 0 Å². The summed E-state index contributed by atoms with van der Waals surface area (Å²) in [6, 6.07) is 21.3. The van der Waals surface area contributed by atoms with Crippen molar-refractivity contribution in [3.63, 3.8) is 0 Å². The summed E-state index contributed by atoms with van der Waals surface area (Å²) in [6.07, 6.45) is 4.25. The fourth-order valence-corrected chi connectivity index (χ4v) is 7.04. The van der Waals surface area contributed by atoms with Crippen LogP contribution >= 0.6 is 22.7 Å². The van der Waals surface area contributed by atoms with Crippen LogP contribution in [0.3, 0.4) is 0 Å². The van der Waals surface area contributed by atoms with Gasteiger partial charge in [-0.15, -0.1) is 22.7 Å². The molecule has 164 valence electrons. The summed E-state index contributed by atoms with van der Waals surface area (Å²) < 4.78 is 0. The quantitative estimate of drug-likeness (QED) is 0.318. The first-order chi connectivity index (χ1) is 15.7. The number of hydrogen-bond acceptors (Lipinski definition) is 5. The van der Waals surface area contributed by atoms with Crippen molar-refractivity contribution in [2.75, 3.05) is 18.0 Å². The molecule has 1 aliphatic heterocycles. The first kappa shape index (κ1) is 21.4. The number of rotatable bonds is 6. The van der Waals surface area contributed by atoms with Gasteiger partial charge in [-0.2, -0.15) is 0 Å². The van der Waals surface area contributed by atoms with Gasteiger partial charge in [-0.25, -0.2) is 9.97 Å². The van der Waals surface area contributed by atoms with E-state index in [2.05, 4.69) is 79.4 Å². The second kappa shape index (κ2) is 9.55. The minimum absolute atomic E-state index is 0.630. The highest BCUT2D eigenvalue weighted by molar-refractivity contribution is 7.16. The molecule has 3 nitrogen and oxygen atoms in total. The SMILES string of the molecule is Cc1nc(Cc2ccccc2)sc1C1CCN(c2sc(Cc3ccccc3)nc2C)CC1. The monoisotopic (exact) mass is 459 g/mol. The van der Waals surface area contributed by atoms with Crippen molar-refractivity contribution in [1.82, 2.24) is 9.97 Å². The highest BCUT2D eigenvalue weighted by Crippen LogP contribution is 2.38. The van der Waals surface area contributed by atoms with Gasteiger partial charge in [-0.05, 0) is 43.7 Å². The Morgan fingerprint density at radius 3 is 1.88 bits per heavy atom. The van der Waals surface area contributed by atoms with E-state index in [-0.39, 0.29) is 0 Å². The van der Waals surface area contributed by atoms with Crippen molar-refractivity contribution in [1.29, 1.82) is 0 Å². The zero-order chi connectivity index (χ0) is 21.9. The molecule has 2 aromatic heterocycles. The Hall–Kier alpha value is -2.50. The zero-order valence-electron chi connectivity index (χ0n) is 18.8. The largest absolute Gasteiger partial charge is 0.362 e. The third kappa shape index (κ3) is 4.79. The minimum Gasteiger partial charge on any atom is -0.362 e. The van der Waals surface area contributed by atoms with Crippen molar-refractivity contribution in [3.05, 3.63) is 98.1 Å². The highest BCUT2D eigenvalue weighted by atomic mass is 32.1. The van der Waals surface area contributed by atoms with Crippen LogP contribution in [0.25, 0.3) is 0 Å². The summed E-state index contributed by atoms with van der Waals surface area (Å²) in [5.41, 5.74) is 5.09. The Labute approximate surface area is 198 Å². The molecule has 0 bridgehead atoms. The summed E-state index contributed by atoms with van der Waals surface area (Å²) >= 11 is 3.80. The number of nitrogens with zero attached hydrogens (tertiary/aromatic N) is 3. The van der Waals surface area contributed by atoms with Crippen LogP contribution in [0.5, 0.6) is 0 Å². The predicted molar refractivity (Wildman–Crippen MR) is 136 cm³/mol. The highest BCUT2D eigenvalue weighted by Gasteiger charge is 2.26. The van der Waals surface area contributed by atoms with E-state index < -0.39 is 0 Å². The normalized spacial score (nSPS) is 14.8. The van der Waals surface area contributed by atoms with E-state index >= 15 is 0 Å². The summed E-state index contributed by atoms with van der Waals surface area (Å²) in [7, 11) is 0. The van der Waals surface area contributed by atoms with Gasteiger partial charge in [0.1, 0.15) is 5.00 Å². The number of thiazole rings is 2. The standard InChI is InChI=1S/C27H29N3S2/c1-19-26(31-24(28-19)17-21-9-5-3-6-10-21)23-13-15-30(16-14-23)27-20(2)29-25(32-27)18-22-11-7-4-8-12-22/h3-12,23H,13-18H2,1-2H3. The van der Waals surface area contributed by atoms with Crippen molar-refractivity contribution >= 4 is 27.7 Å². The summed E-state index contributed by atoms with van der Waals surface area (Å²) in [4.78, 5) is 13.9. The molecule has 3 heterocycles. The molecule has 2 aromatic carbocycles. The number of aryl methyl sites for hydroxylation is 2. The van der Waals surface area contributed by atoms with Crippen LogP contribution in [-0.4, -0.2) is 23.1 Å². The van der Waals surface area contributed by atoms with Crippen LogP contribution in [-0.2, 0) is 12.8 Å². The lowest BCUT2D eigenvalue weighted by Gasteiger charge is -2.32. The number of hydrogen-bond donors (Lipinski definition) is 0. The number of benzene rings is 2. The molecule has 5 rings (SSSR count). The van der Waals surface area contributed by atoms with E-state index in [9.17, 15) is 0 Å². The summed E-state index contributed by atoms with van der Waals surface area (Å²) in [5, 5.41) is 3.82. The molecule has 1 saturated heterocycles. The van der Waals surface area contributed by atoms with E-state index in [4.69, 9.17) is 9.97 Å². The second-order valence-electron chi connectivity index (χ2n) is 8.64. The van der Waals surface area contributed by atoms with E-state index in [0.717, 1.165) is 25.9 Å². The van der Waals surface area contributed by atoms with Crippen LogP contribution in [0.1, 0.15) is 56.2 Å². The molecule has 0 spiro atoms. The molecule has 0 radical (unpaired) electrons. The Bertz CT molecular complexity index is 1060. The van der Waals surface area contributed by atoms with Gasteiger partial charge in [0.2, 0.25) is 0 Å². The predicted octanol–water partition coefficient (Wildman–Crippen LogP) is 6.78. The van der Waals surface area contributed by atoms with Gasteiger partial charge < -0.3 is 4.90 Å². The number of aromatic nitrogens is 2. The Kier molecular flexibility index (Phi) is 6.37. The van der Waals surface area contributed by atoms with Gasteiger partial charge in [0.15, 0.2) is 0 Å². The lowest BCUT2D eigenvalue weighted by molar-refractivity contribution is 0.510. The molecule has 5 heteroatoms. The summed E-state index contributed by atoms with van der Waals surface area (Å²) in [6.45, 7) is 6.55. The second-order valence-corrected chi connectivity index (χ2v) is 10.8. The molecular formula is C27H29N3S2. The molecule has 0 saturated carbocycles. The molecule has 0 N–H and O–H groups in total. The molecule has 32 heavy (non-hydrogen) atoms. The van der Waals surface area contributed by atoms with Crippen molar-refractivity contribution in [2.45, 2.75) is 45.4 Å². The van der Waals surface area contributed by atoms with Crippen LogP contribution in [0, 0.1) is 13.8 Å². The van der Waals surface area contributed by atoms with E-state index in [0.29, 0.717) is 5.92 Å². The van der Waals surface area contributed by atoms with Gasteiger partial charge in [-0.1, -0.05) is 60.7 Å². The molecular weight excluding hydrogens is 430 g/mol. The first-order valence-electron chi connectivity index (χ1n) is 11.4. The van der Waals surface area contributed by atoms with Crippen molar-refractivity contribution in [3.8, 4) is 0 Å². The van der Waals surface area contributed by atoms with Gasteiger partial charge in [0.05, 0.1) is 21.4 Å². The van der Waals surface area contributed by atoms with Crippen LogP contribution < -0.4 is 4.90 Å². The molecule has 1 aliphatic rings. The molecule has 0 amide bonds. The van der Waals surface area contributed by atoms with E-state index in [1.807, 2.05) is 22.7 Å². The maximum absolute atomic E-state index is 4.91. The summed E-state index contributed by atoms with van der Waals surface area (Å²) in [5.74, 6) is 0.630. The average molecular weight is 460 g/mol. The van der Waals surface area contributed by atoms with Gasteiger partial charge in [0, 0.05) is 30.8 Å². The Balaban J connectivity index is 1.23. The zero-order valence-corrected chi connectivity index (χ0v) is 20.4. The van der Waals surface area contributed by atoms with Gasteiger partial charge in [0.25, 0.3) is 0 Å². The molecule has 0 aliphatic carbocycles. The number of piperidine rings is 1. The Morgan fingerprint density at radius 1 is 0.750 bits per heavy atom. The smallest absolute Gasteiger partial charge is 0.114 e. The average Bonchev–Trinajstić information content (AvgIpc) is 3.37. The number of anilines is 1. The third-order valence-electron chi connectivity index (χ3n) is 6.24. The van der Waals surface area contributed by atoms with Crippen LogP contribution in [0.2, 0.25) is 0 Å². The van der Waals surface area contributed by atoms with Gasteiger partial charge >= 0.3 is 0 Å². The lowest BCUT2D eigenvalue weighted by Crippen LogP contribution is -2.32. The topological polar surface area (TPSA) is 29.0 Å². The van der Waals surface area contributed by atoms with Crippen molar-refractivity contribution in [2.24, 2.45) is 0 Å². The minimum atomic E-state index is 0.630. The van der Waals surface area contributed by atoms with Crippen molar-refractivity contribution < 1.29 is 0 Å². The fourth-order valence-electron chi connectivity index (χ4n) is 4.62. The maximum Gasteiger partial charge on any atom is 0.114 e. The van der Waals surface area contributed by atoms with E-state index in [1.165, 1.54) is 55.2 Å². The molecule has 0 atom stereocenters. The fraction of sp³-hybridized carbons (Fsp3) is 0.333. The molecule has 1 fully saturated rings.